The Morgan fingerprint density at radius 3 is 2.37 bits per heavy atom. The van der Waals surface area contributed by atoms with Crippen LogP contribution in [0.2, 0.25) is 0 Å². The van der Waals surface area contributed by atoms with Gasteiger partial charge in [0.15, 0.2) is 0 Å². The number of thioether (sulfide) groups is 1. The molecule has 0 fully saturated rings. The molecule has 0 heterocycles. The second kappa shape index (κ2) is 8.37. The van der Waals surface area contributed by atoms with Crippen molar-refractivity contribution >= 4 is 34.8 Å². The molecule has 0 saturated carbocycles. The number of rotatable bonds is 5. The van der Waals surface area contributed by atoms with Crippen molar-refractivity contribution < 1.29 is 9.90 Å². The first-order valence-corrected chi connectivity index (χ1v) is 10.8. The number of hydrogen-bond donors (Lipinski definition) is 0. The fourth-order valence-corrected chi connectivity index (χ4v) is 4.78. The number of aromatic carboxylic acids is 1. The Hall–Kier alpha value is -3.04. The van der Waals surface area contributed by atoms with Gasteiger partial charge in [-0.15, -0.1) is 0 Å². The monoisotopic (exact) mass is 411 g/mol. The molecule has 0 N–H and O–H groups in total. The lowest BCUT2D eigenvalue weighted by molar-refractivity contribution is -0.255. The maximum atomic E-state index is 11.0. The van der Waals surface area contributed by atoms with E-state index in [9.17, 15) is 9.90 Å². The van der Waals surface area contributed by atoms with E-state index in [4.69, 9.17) is 0 Å². The van der Waals surface area contributed by atoms with Gasteiger partial charge < -0.3 is 9.90 Å². The molecule has 0 unspecified atom stereocenters. The van der Waals surface area contributed by atoms with Gasteiger partial charge in [-0.3, -0.25) is 0 Å². The van der Waals surface area contributed by atoms with E-state index < -0.39 is 5.97 Å². The quantitative estimate of drug-likeness (QED) is 0.481. The van der Waals surface area contributed by atoms with E-state index in [-0.39, 0.29) is 11.0 Å². The van der Waals surface area contributed by atoms with Gasteiger partial charge in [0.05, 0.1) is 5.97 Å². The van der Waals surface area contributed by atoms with Crippen LogP contribution >= 0.6 is 11.8 Å². The molecule has 0 aromatic heterocycles. The summed E-state index contributed by atoms with van der Waals surface area (Å²) in [4.78, 5) is 13.5. The highest BCUT2D eigenvalue weighted by atomic mass is 32.2. The summed E-state index contributed by atoms with van der Waals surface area (Å²) in [5.41, 5.74) is 5.03. The first kappa shape index (κ1) is 20.2. The zero-order chi connectivity index (χ0) is 21.1. The van der Waals surface area contributed by atoms with Crippen molar-refractivity contribution in [2.24, 2.45) is 0 Å². The highest BCUT2D eigenvalue weighted by molar-refractivity contribution is 8.08. The lowest BCUT2D eigenvalue weighted by Crippen LogP contribution is -2.21. The van der Waals surface area contributed by atoms with Gasteiger partial charge in [-0.2, -0.15) is 0 Å². The van der Waals surface area contributed by atoms with E-state index >= 15 is 0 Å². The van der Waals surface area contributed by atoms with Crippen molar-refractivity contribution in [2.75, 3.05) is 0 Å². The normalized spacial score (nSPS) is 14.9. The number of carbonyl (C=O) groups is 1. The van der Waals surface area contributed by atoms with Crippen molar-refractivity contribution in [3.8, 4) is 0 Å². The van der Waals surface area contributed by atoms with Gasteiger partial charge >= 0.3 is 0 Å². The Labute approximate surface area is 182 Å². The smallest absolute Gasteiger partial charge is 0.0715 e. The van der Waals surface area contributed by atoms with Gasteiger partial charge in [0.1, 0.15) is 0 Å². The first-order valence-electron chi connectivity index (χ1n) is 10.0. The predicted molar refractivity (Wildman–Crippen MR) is 124 cm³/mol. The molecule has 0 saturated heterocycles. The molecule has 1 aliphatic carbocycles. The van der Waals surface area contributed by atoms with Crippen LogP contribution in [0, 0.1) is 0 Å². The van der Waals surface area contributed by atoms with Gasteiger partial charge in [0, 0.05) is 9.80 Å². The van der Waals surface area contributed by atoms with Crippen LogP contribution in [0.15, 0.2) is 83.8 Å². The van der Waals surface area contributed by atoms with Gasteiger partial charge in [-0.05, 0) is 51.8 Å². The van der Waals surface area contributed by atoms with Crippen LogP contribution in [0.3, 0.4) is 0 Å². The van der Waals surface area contributed by atoms with E-state index in [2.05, 4.69) is 68.5 Å². The molecule has 0 spiro atoms. The van der Waals surface area contributed by atoms with E-state index in [0.717, 1.165) is 12.0 Å². The van der Waals surface area contributed by atoms with E-state index in [0.29, 0.717) is 0 Å². The molecular formula is C27H23O2S-. The molecule has 2 nitrogen and oxygen atoms in total. The zero-order valence-corrected chi connectivity index (χ0v) is 17.9. The Balaban J connectivity index is 1.71. The molecule has 4 rings (SSSR count). The number of fused-ring (bicyclic) bond motifs is 1. The van der Waals surface area contributed by atoms with E-state index in [1.807, 2.05) is 12.1 Å². The third kappa shape index (κ3) is 4.27. The second-order valence-corrected chi connectivity index (χ2v) is 9.20. The van der Waals surface area contributed by atoms with Gasteiger partial charge in [0.25, 0.3) is 0 Å². The van der Waals surface area contributed by atoms with Crippen molar-refractivity contribution in [3.63, 3.8) is 0 Å². The average Bonchev–Trinajstić information content (AvgIpc) is 2.75. The SMILES string of the molecule is CC1(C)CC=C(Sc2ccccc2)c2c(/C=C/c3ccc(C(=O)[O-])cc3)cccc21. The highest BCUT2D eigenvalue weighted by Crippen LogP contribution is 2.46. The van der Waals surface area contributed by atoms with Crippen molar-refractivity contribution in [1.29, 1.82) is 0 Å². The molecule has 3 heteroatoms. The van der Waals surface area contributed by atoms with Crippen molar-refractivity contribution in [3.05, 3.63) is 107 Å². The molecule has 1 aliphatic rings. The van der Waals surface area contributed by atoms with E-state index in [1.54, 1.807) is 36.0 Å². The highest BCUT2D eigenvalue weighted by Gasteiger charge is 2.29. The van der Waals surface area contributed by atoms with Crippen LogP contribution in [0.1, 0.15) is 52.9 Å². The molecule has 0 radical (unpaired) electrons. The van der Waals surface area contributed by atoms with Crippen LogP contribution in [0.25, 0.3) is 17.1 Å². The summed E-state index contributed by atoms with van der Waals surface area (Å²) in [6.07, 6.45) is 7.51. The predicted octanol–water partition coefficient (Wildman–Crippen LogP) is 6.04. The standard InChI is InChI=1S/C27H24O2S/c1-27(2)18-17-24(30-22-8-4-3-5-9-22)25-20(7-6-10-23(25)27)14-11-19-12-15-21(16-13-19)26(28)29/h3-17H,18H2,1-2H3,(H,28,29)/p-1/b14-11+. The largest absolute Gasteiger partial charge is 0.545 e. The third-order valence-electron chi connectivity index (χ3n) is 5.44. The topological polar surface area (TPSA) is 40.1 Å². The fraction of sp³-hybridized carbons (Fsp3) is 0.148. The zero-order valence-electron chi connectivity index (χ0n) is 17.1. The maximum absolute atomic E-state index is 11.0. The number of benzene rings is 3. The van der Waals surface area contributed by atoms with Crippen LogP contribution in [-0.2, 0) is 5.41 Å². The minimum absolute atomic E-state index is 0.0794. The van der Waals surface area contributed by atoms with Crippen LogP contribution in [-0.4, -0.2) is 5.97 Å². The number of allylic oxidation sites excluding steroid dienone is 1. The molecule has 0 bridgehead atoms. The number of carboxylic acid groups (broad SMARTS) is 1. The molecule has 0 atom stereocenters. The minimum Gasteiger partial charge on any atom is -0.545 e. The summed E-state index contributed by atoms with van der Waals surface area (Å²) in [7, 11) is 0. The molecule has 3 aromatic rings. The summed E-state index contributed by atoms with van der Waals surface area (Å²) in [6, 6.07) is 23.7. The van der Waals surface area contributed by atoms with Crippen LogP contribution in [0.4, 0.5) is 0 Å². The van der Waals surface area contributed by atoms with Gasteiger partial charge in [-0.1, -0.05) is 105 Å². The Bertz CT molecular complexity index is 1120. The first-order chi connectivity index (χ1) is 14.4. The summed E-state index contributed by atoms with van der Waals surface area (Å²) in [5, 5.41) is 11.0. The third-order valence-corrected chi connectivity index (χ3v) is 6.54. The van der Waals surface area contributed by atoms with Crippen LogP contribution < -0.4 is 5.11 Å². The van der Waals surface area contributed by atoms with E-state index in [1.165, 1.54) is 26.5 Å². The summed E-state index contributed by atoms with van der Waals surface area (Å²) in [6.45, 7) is 4.58. The van der Waals surface area contributed by atoms with Crippen molar-refractivity contribution in [1.82, 2.24) is 0 Å². The lowest BCUT2D eigenvalue weighted by Gasteiger charge is -2.33. The number of carbonyl (C=O) groups excluding carboxylic acids is 1. The summed E-state index contributed by atoms with van der Waals surface area (Å²) >= 11 is 1.80. The second-order valence-electron chi connectivity index (χ2n) is 8.08. The average molecular weight is 412 g/mol. The molecule has 0 amide bonds. The minimum atomic E-state index is -1.15. The Morgan fingerprint density at radius 2 is 1.67 bits per heavy atom. The molecule has 30 heavy (non-hydrogen) atoms. The fourth-order valence-electron chi connectivity index (χ4n) is 3.73. The van der Waals surface area contributed by atoms with Gasteiger partial charge in [-0.25, -0.2) is 0 Å². The van der Waals surface area contributed by atoms with Crippen LogP contribution in [0.5, 0.6) is 0 Å². The summed E-state index contributed by atoms with van der Waals surface area (Å²) in [5.74, 6) is -1.15. The van der Waals surface area contributed by atoms with Crippen molar-refractivity contribution in [2.45, 2.75) is 30.6 Å². The molecular weight excluding hydrogens is 388 g/mol. The number of carboxylic acids is 1. The summed E-state index contributed by atoms with van der Waals surface area (Å²) < 4.78 is 0. The van der Waals surface area contributed by atoms with Gasteiger partial charge in [0.2, 0.25) is 0 Å². The maximum Gasteiger partial charge on any atom is 0.0715 e. The lowest BCUT2D eigenvalue weighted by atomic mass is 9.74. The Morgan fingerprint density at radius 1 is 0.933 bits per heavy atom. The molecule has 0 aliphatic heterocycles. The molecule has 150 valence electrons. The molecule has 3 aromatic carbocycles. The number of hydrogen-bond acceptors (Lipinski definition) is 3. The Kier molecular flexibility index (Phi) is 5.65.